The molecule has 1 aliphatic rings. The molecule has 1 aliphatic heterocycles. The molecule has 0 aromatic rings. The van der Waals surface area contributed by atoms with Crippen LogP contribution in [0.3, 0.4) is 0 Å². The second-order valence-corrected chi connectivity index (χ2v) is 7.48. The highest BCUT2D eigenvalue weighted by Crippen LogP contribution is 2.19. The first-order chi connectivity index (χ1) is 11.2. The van der Waals surface area contributed by atoms with Gasteiger partial charge in [0.15, 0.2) is 0 Å². The van der Waals surface area contributed by atoms with Crippen LogP contribution in [0, 0.1) is 5.92 Å². The second kappa shape index (κ2) is 12.8. The molecule has 0 radical (unpaired) electrons. The zero-order chi connectivity index (χ0) is 16.9. The van der Waals surface area contributed by atoms with E-state index in [0.29, 0.717) is 11.9 Å². The van der Waals surface area contributed by atoms with Crippen molar-refractivity contribution in [1.82, 2.24) is 10.2 Å². The molecule has 0 bridgehead atoms. The van der Waals surface area contributed by atoms with Gasteiger partial charge in [0.1, 0.15) is 0 Å². The Morgan fingerprint density at radius 1 is 0.957 bits per heavy atom. The number of nitrogens with zero attached hydrogens (tertiary/aromatic N) is 1. The molecule has 3 nitrogen and oxygen atoms in total. The van der Waals surface area contributed by atoms with Gasteiger partial charge in [0.25, 0.3) is 0 Å². The lowest BCUT2D eigenvalue weighted by atomic mass is 9.93. The Morgan fingerprint density at radius 3 is 2.17 bits per heavy atom. The zero-order valence-electron chi connectivity index (χ0n) is 15.9. The molecule has 23 heavy (non-hydrogen) atoms. The standard InChI is InChI=1S/C20H40N2O/c1-4-6-8-9-10-11-13-18(12-7-5-2)20(23)21-19-14-16-22(3)17-15-19/h18-19H,4-17H2,1-3H3,(H,21,23). The van der Waals surface area contributed by atoms with E-state index in [1.165, 1.54) is 51.4 Å². The molecule has 1 rings (SSSR count). The summed E-state index contributed by atoms with van der Waals surface area (Å²) in [5, 5.41) is 3.34. The van der Waals surface area contributed by atoms with Crippen molar-refractivity contribution < 1.29 is 4.79 Å². The Bertz CT molecular complexity index is 298. The van der Waals surface area contributed by atoms with Gasteiger partial charge in [0.2, 0.25) is 5.91 Å². The molecular formula is C20H40N2O. The molecule has 0 aromatic carbocycles. The van der Waals surface area contributed by atoms with Crippen molar-refractivity contribution in [3.8, 4) is 0 Å². The molecule has 1 amide bonds. The maximum absolute atomic E-state index is 12.6. The van der Waals surface area contributed by atoms with Crippen molar-refractivity contribution in [1.29, 1.82) is 0 Å². The molecule has 3 heteroatoms. The van der Waals surface area contributed by atoms with E-state index in [1.807, 2.05) is 0 Å². The van der Waals surface area contributed by atoms with E-state index in [9.17, 15) is 4.79 Å². The highest BCUT2D eigenvalue weighted by molar-refractivity contribution is 5.78. The van der Waals surface area contributed by atoms with Gasteiger partial charge in [-0.05, 0) is 45.8 Å². The summed E-state index contributed by atoms with van der Waals surface area (Å²) < 4.78 is 0. The molecule has 1 saturated heterocycles. The van der Waals surface area contributed by atoms with Crippen LogP contribution in [-0.4, -0.2) is 37.0 Å². The van der Waals surface area contributed by atoms with Crippen LogP contribution in [0.2, 0.25) is 0 Å². The number of carbonyl (C=O) groups excluding carboxylic acids is 1. The van der Waals surface area contributed by atoms with E-state index >= 15 is 0 Å². The highest BCUT2D eigenvalue weighted by Gasteiger charge is 2.23. The lowest BCUT2D eigenvalue weighted by Gasteiger charge is -2.30. The molecule has 1 atom stereocenters. The summed E-state index contributed by atoms with van der Waals surface area (Å²) in [7, 11) is 2.17. The Balaban J connectivity index is 2.28. The van der Waals surface area contributed by atoms with E-state index in [-0.39, 0.29) is 5.92 Å². The summed E-state index contributed by atoms with van der Waals surface area (Å²) in [6, 6.07) is 0.410. The van der Waals surface area contributed by atoms with Crippen LogP contribution in [0.4, 0.5) is 0 Å². The van der Waals surface area contributed by atoms with Crippen molar-refractivity contribution in [3.05, 3.63) is 0 Å². The second-order valence-electron chi connectivity index (χ2n) is 7.48. The fraction of sp³-hybridized carbons (Fsp3) is 0.950. The third-order valence-electron chi connectivity index (χ3n) is 5.25. The minimum Gasteiger partial charge on any atom is -0.353 e. The Kier molecular flexibility index (Phi) is 11.4. The lowest BCUT2D eigenvalue weighted by Crippen LogP contribution is -2.45. The average Bonchev–Trinajstić information content (AvgIpc) is 2.55. The fourth-order valence-corrected chi connectivity index (χ4v) is 3.50. The first-order valence-electron chi connectivity index (χ1n) is 10.2. The number of amides is 1. The van der Waals surface area contributed by atoms with Crippen molar-refractivity contribution in [2.24, 2.45) is 5.92 Å². The first kappa shape index (κ1) is 20.5. The molecule has 1 unspecified atom stereocenters. The van der Waals surface area contributed by atoms with Crippen molar-refractivity contribution >= 4 is 5.91 Å². The van der Waals surface area contributed by atoms with Crippen LogP contribution in [0.5, 0.6) is 0 Å². The summed E-state index contributed by atoms with van der Waals surface area (Å²) in [5.74, 6) is 0.586. The largest absolute Gasteiger partial charge is 0.353 e. The molecule has 0 saturated carbocycles. The number of unbranched alkanes of at least 4 members (excludes halogenated alkanes) is 6. The van der Waals surface area contributed by atoms with Crippen LogP contribution in [0.1, 0.15) is 90.9 Å². The van der Waals surface area contributed by atoms with Crippen molar-refractivity contribution in [3.63, 3.8) is 0 Å². The quantitative estimate of drug-likeness (QED) is 0.525. The number of piperidine rings is 1. The van der Waals surface area contributed by atoms with Crippen LogP contribution in [0.25, 0.3) is 0 Å². The van der Waals surface area contributed by atoms with E-state index in [4.69, 9.17) is 0 Å². The van der Waals surface area contributed by atoms with Gasteiger partial charge in [-0.25, -0.2) is 0 Å². The highest BCUT2D eigenvalue weighted by atomic mass is 16.1. The number of nitrogens with one attached hydrogen (secondary N) is 1. The van der Waals surface area contributed by atoms with E-state index < -0.39 is 0 Å². The predicted octanol–water partition coefficient (Wildman–Crippen LogP) is 4.75. The molecule has 1 heterocycles. The van der Waals surface area contributed by atoms with Gasteiger partial charge in [-0.1, -0.05) is 65.2 Å². The summed E-state index contributed by atoms with van der Waals surface area (Å²) in [4.78, 5) is 15.0. The van der Waals surface area contributed by atoms with Gasteiger partial charge in [-0.15, -0.1) is 0 Å². The van der Waals surface area contributed by atoms with Gasteiger partial charge < -0.3 is 10.2 Å². The van der Waals surface area contributed by atoms with Crippen molar-refractivity contribution in [2.45, 2.75) is 96.9 Å². The maximum atomic E-state index is 12.6. The van der Waals surface area contributed by atoms with Crippen LogP contribution >= 0.6 is 0 Å². The topological polar surface area (TPSA) is 32.3 Å². The number of hydrogen-bond acceptors (Lipinski definition) is 2. The molecule has 1 fully saturated rings. The number of rotatable bonds is 12. The zero-order valence-corrected chi connectivity index (χ0v) is 15.9. The monoisotopic (exact) mass is 324 g/mol. The third kappa shape index (κ3) is 9.34. The number of hydrogen-bond donors (Lipinski definition) is 1. The maximum Gasteiger partial charge on any atom is 0.223 e. The lowest BCUT2D eigenvalue weighted by molar-refractivity contribution is -0.126. The normalized spacial score (nSPS) is 18.0. The number of likely N-dealkylation sites (tertiary alicyclic amines) is 1. The van der Waals surface area contributed by atoms with Crippen LogP contribution < -0.4 is 5.32 Å². The average molecular weight is 325 g/mol. The SMILES string of the molecule is CCCCCCCCC(CCCC)C(=O)NC1CCN(C)CC1. The van der Waals surface area contributed by atoms with Gasteiger partial charge in [0.05, 0.1) is 0 Å². The Morgan fingerprint density at radius 2 is 1.52 bits per heavy atom. The summed E-state index contributed by atoms with van der Waals surface area (Å²) >= 11 is 0. The first-order valence-corrected chi connectivity index (χ1v) is 10.2. The number of carbonyl (C=O) groups is 1. The summed E-state index contributed by atoms with van der Waals surface area (Å²) in [6.07, 6.45) is 14.6. The minimum absolute atomic E-state index is 0.251. The van der Waals surface area contributed by atoms with Crippen molar-refractivity contribution in [2.75, 3.05) is 20.1 Å². The molecule has 0 aromatic heterocycles. The fourth-order valence-electron chi connectivity index (χ4n) is 3.50. The summed E-state index contributed by atoms with van der Waals surface area (Å²) in [5.41, 5.74) is 0. The van der Waals surface area contributed by atoms with Gasteiger partial charge in [0, 0.05) is 12.0 Å². The third-order valence-corrected chi connectivity index (χ3v) is 5.25. The van der Waals surface area contributed by atoms with E-state index in [0.717, 1.165) is 38.8 Å². The molecule has 0 spiro atoms. The minimum atomic E-state index is 0.251. The Hall–Kier alpha value is -0.570. The molecule has 1 N–H and O–H groups in total. The Labute approximate surface area is 144 Å². The molecular weight excluding hydrogens is 284 g/mol. The van der Waals surface area contributed by atoms with E-state index in [1.54, 1.807) is 0 Å². The smallest absolute Gasteiger partial charge is 0.223 e. The van der Waals surface area contributed by atoms with Crippen LogP contribution in [0.15, 0.2) is 0 Å². The van der Waals surface area contributed by atoms with Gasteiger partial charge in [-0.2, -0.15) is 0 Å². The molecule has 0 aliphatic carbocycles. The molecule has 136 valence electrons. The predicted molar refractivity (Wildman–Crippen MR) is 99.7 cm³/mol. The van der Waals surface area contributed by atoms with E-state index in [2.05, 4.69) is 31.1 Å². The van der Waals surface area contributed by atoms with Gasteiger partial charge >= 0.3 is 0 Å². The summed E-state index contributed by atoms with van der Waals surface area (Å²) in [6.45, 7) is 6.70. The van der Waals surface area contributed by atoms with Gasteiger partial charge in [-0.3, -0.25) is 4.79 Å². The van der Waals surface area contributed by atoms with Crippen LogP contribution in [-0.2, 0) is 4.79 Å².